The molecule has 0 saturated heterocycles. The molecule has 2 heterocycles. The molecule has 0 atom stereocenters. The van der Waals surface area contributed by atoms with Gasteiger partial charge in [0.2, 0.25) is 5.16 Å². The van der Waals surface area contributed by atoms with E-state index in [1.807, 2.05) is 0 Å². The van der Waals surface area contributed by atoms with E-state index in [-0.39, 0.29) is 16.3 Å². The molecule has 0 unspecified atom stereocenters. The molecule has 8 nitrogen and oxygen atoms in total. The number of benzene rings is 1. The molecule has 0 spiro atoms. The van der Waals surface area contributed by atoms with Gasteiger partial charge in [-0.25, -0.2) is 9.18 Å². The summed E-state index contributed by atoms with van der Waals surface area (Å²) in [5.41, 5.74) is 0.385. The van der Waals surface area contributed by atoms with Crippen molar-refractivity contribution < 1.29 is 13.9 Å². The van der Waals surface area contributed by atoms with Gasteiger partial charge in [0.25, 0.3) is 0 Å². The average Bonchev–Trinajstić information content (AvgIpc) is 3.28. The van der Waals surface area contributed by atoms with Crippen LogP contribution in [0, 0.1) is 5.82 Å². The topological polar surface area (TPSA) is 87.2 Å². The highest BCUT2D eigenvalue weighted by atomic mass is 35.5. The lowest BCUT2D eigenvalue weighted by Crippen LogP contribution is -2.04. The molecule has 0 radical (unpaired) electrons. The van der Waals surface area contributed by atoms with E-state index in [2.05, 4.69) is 25.1 Å². The molecular weight excluding hydrogens is 383 g/mol. The van der Waals surface area contributed by atoms with Gasteiger partial charge in [0.15, 0.2) is 5.69 Å². The highest BCUT2D eigenvalue weighted by Gasteiger charge is 2.11. The Balaban J connectivity index is 1.70. The Morgan fingerprint density at radius 2 is 2.31 bits per heavy atom. The van der Waals surface area contributed by atoms with Crippen LogP contribution in [0.5, 0.6) is 0 Å². The maximum absolute atomic E-state index is 13.8. The van der Waals surface area contributed by atoms with Crippen molar-refractivity contribution in [3.8, 4) is 0 Å². The predicted molar refractivity (Wildman–Crippen MR) is 93.8 cm³/mol. The Morgan fingerprint density at radius 3 is 3.08 bits per heavy atom. The predicted octanol–water partition coefficient (Wildman–Crippen LogP) is 2.69. The van der Waals surface area contributed by atoms with Crippen LogP contribution >= 0.6 is 23.4 Å². The third kappa shape index (κ3) is 4.09. The minimum Gasteiger partial charge on any atom is -0.464 e. The summed E-state index contributed by atoms with van der Waals surface area (Å²) in [4.78, 5) is 11.4. The summed E-state index contributed by atoms with van der Waals surface area (Å²) < 4.78 is 21.3. The lowest BCUT2D eigenvalue weighted by atomic mass is 10.2. The molecule has 0 saturated carbocycles. The Kier molecular flexibility index (Phi) is 5.64. The number of hydrogen-bond acceptors (Lipinski definition) is 7. The Hall–Kier alpha value is -2.72. The smallest absolute Gasteiger partial charge is 0.358 e. The second-order valence-electron chi connectivity index (χ2n) is 4.84. The van der Waals surface area contributed by atoms with Crippen molar-refractivity contribution in [2.75, 3.05) is 7.11 Å². The fraction of sp³-hybridized carbons (Fsp3) is 0.133. The first-order valence-corrected chi connectivity index (χ1v) is 8.58. The molecule has 0 aliphatic carbocycles. The van der Waals surface area contributed by atoms with Crippen LogP contribution in [0.15, 0.2) is 47.0 Å². The fourth-order valence-corrected chi connectivity index (χ4v) is 2.85. The number of esters is 1. The molecule has 0 N–H and O–H groups in total. The minimum atomic E-state index is -0.511. The monoisotopic (exact) mass is 394 g/mol. The van der Waals surface area contributed by atoms with Crippen molar-refractivity contribution >= 4 is 35.5 Å². The summed E-state index contributed by atoms with van der Waals surface area (Å²) in [7, 11) is 1.29. The van der Waals surface area contributed by atoms with Crippen LogP contribution < -0.4 is 0 Å². The highest BCUT2D eigenvalue weighted by Crippen LogP contribution is 2.19. The maximum Gasteiger partial charge on any atom is 0.358 e. The first-order chi connectivity index (χ1) is 12.6. The second kappa shape index (κ2) is 8.11. The zero-order valence-corrected chi connectivity index (χ0v) is 15.0. The number of carbonyl (C=O) groups excluding carboxylic acids is 1. The van der Waals surface area contributed by atoms with Gasteiger partial charge in [0.05, 0.1) is 24.2 Å². The van der Waals surface area contributed by atoms with E-state index in [4.69, 9.17) is 11.6 Å². The van der Waals surface area contributed by atoms with Gasteiger partial charge in [-0.05, 0) is 18.2 Å². The number of methoxy groups -OCH3 is 1. The summed E-state index contributed by atoms with van der Waals surface area (Å²) >= 11 is 7.24. The SMILES string of the molecule is COC(=O)c1ccn(CSc2nncn2N=Cc2c(F)cccc2Cl)n1. The fourth-order valence-electron chi connectivity index (χ4n) is 1.92. The molecule has 0 aliphatic rings. The number of nitrogens with zero attached hydrogens (tertiary/aromatic N) is 6. The summed E-state index contributed by atoms with van der Waals surface area (Å²) in [5.74, 6) is -0.621. The summed E-state index contributed by atoms with van der Waals surface area (Å²) in [6.45, 7) is 0. The van der Waals surface area contributed by atoms with Crippen LogP contribution in [-0.4, -0.2) is 43.9 Å². The van der Waals surface area contributed by atoms with Crippen molar-refractivity contribution in [1.29, 1.82) is 0 Å². The van der Waals surface area contributed by atoms with E-state index in [1.54, 1.807) is 23.0 Å². The molecular formula is C15H12ClFN6O2S. The van der Waals surface area contributed by atoms with Gasteiger partial charge in [0, 0.05) is 11.8 Å². The van der Waals surface area contributed by atoms with E-state index in [1.165, 1.54) is 48.2 Å². The zero-order chi connectivity index (χ0) is 18.5. The highest BCUT2D eigenvalue weighted by molar-refractivity contribution is 7.98. The van der Waals surface area contributed by atoms with E-state index in [0.29, 0.717) is 11.0 Å². The standard InChI is InChI=1S/C15H12ClFN6O2S/c1-25-14(24)13-5-6-22(21-13)9-26-15-20-18-8-23(15)19-7-10-11(16)3-2-4-12(10)17/h2-8H,9H2,1H3. The normalized spacial score (nSPS) is 11.2. The van der Waals surface area contributed by atoms with Gasteiger partial charge >= 0.3 is 5.97 Å². The number of thioether (sulfide) groups is 1. The lowest BCUT2D eigenvalue weighted by Gasteiger charge is -2.02. The Bertz CT molecular complexity index is 937. The van der Waals surface area contributed by atoms with Crippen molar-refractivity contribution in [2.24, 2.45) is 5.10 Å². The number of hydrogen-bond donors (Lipinski definition) is 0. The van der Waals surface area contributed by atoms with Crippen LogP contribution in [-0.2, 0) is 10.6 Å². The zero-order valence-electron chi connectivity index (χ0n) is 13.4. The van der Waals surface area contributed by atoms with Gasteiger partial charge in [-0.3, -0.25) is 4.68 Å². The maximum atomic E-state index is 13.8. The molecule has 3 aromatic rings. The van der Waals surface area contributed by atoms with Crippen molar-refractivity contribution in [2.45, 2.75) is 11.0 Å². The molecule has 0 amide bonds. The number of rotatable bonds is 6. The molecule has 0 fully saturated rings. The molecule has 3 rings (SSSR count). The first kappa shape index (κ1) is 18.1. The molecule has 0 aliphatic heterocycles. The number of ether oxygens (including phenoxy) is 1. The Labute approximate surface area is 156 Å². The van der Waals surface area contributed by atoms with Crippen molar-refractivity contribution in [3.05, 3.63) is 58.9 Å². The molecule has 1 aromatic carbocycles. The third-order valence-electron chi connectivity index (χ3n) is 3.17. The lowest BCUT2D eigenvalue weighted by molar-refractivity contribution is 0.0593. The third-order valence-corrected chi connectivity index (χ3v) is 4.42. The summed E-state index contributed by atoms with van der Waals surface area (Å²) in [6, 6.07) is 5.94. The van der Waals surface area contributed by atoms with E-state index in [0.717, 1.165) is 0 Å². The van der Waals surface area contributed by atoms with E-state index >= 15 is 0 Å². The van der Waals surface area contributed by atoms with Crippen molar-refractivity contribution in [1.82, 2.24) is 24.7 Å². The number of carbonyl (C=O) groups is 1. The van der Waals surface area contributed by atoms with Crippen molar-refractivity contribution in [3.63, 3.8) is 0 Å². The van der Waals surface area contributed by atoms with Gasteiger partial charge in [0.1, 0.15) is 12.1 Å². The summed E-state index contributed by atoms with van der Waals surface area (Å²) in [6.07, 6.45) is 4.33. The quantitative estimate of drug-likeness (QED) is 0.363. The van der Waals surface area contributed by atoms with Crippen LogP contribution in [0.25, 0.3) is 0 Å². The molecule has 2 aromatic heterocycles. The second-order valence-corrected chi connectivity index (χ2v) is 6.16. The van der Waals surface area contributed by atoms with Gasteiger partial charge in [-0.2, -0.15) is 14.9 Å². The number of halogens is 2. The van der Waals surface area contributed by atoms with Gasteiger partial charge in [-0.15, -0.1) is 10.2 Å². The van der Waals surface area contributed by atoms with E-state index < -0.39 is 11.8 Å². The number of aromatic nitrogens is 5. The van der Waals surface area contributed by atoms with Crippen LogP contribution in [0.1, 0.15) is 16.1 Å². The van der Waals surface area contributed by atoms with Crippen LogP contribution in [0.4, 0.5) is 4.39 Å². The van der Waals surface area contributed by atoms with Crippen LogP contribution in [0.2, 0.25) is 5.02 Å². The minimum absolute atomic E-state index is 0.175. The summed E-state index contributed by atoms with van der Waals surface area (Å²) in [5, 5.41) is 16.7. The van der Waals surface area contributed by atoms with E-state index in [9.17, 15) is 9.18 Å². The van der Waals surface area contributed by atoms with Gasteiger partial charge < -0.3 is 4.74 Å². The van der Waals surface area contributed by atoms with Crippen LogP contribution in [0.3, 0.4) is 0 Å². The Morgan fingerprint density at radius 1 is 1.46 bits per heavy atom. The molecule has 0 bridgehead atoms. The molecule has 11 heteroatoms. The molecule has 134 valence electrons. The largest absolute Gasteiger partial charge is 0.464 e. The first-order valence-electron chi connectivity index (χ1n) is 7.21. The average molecular weight is 395 g/mol. The molecule has 26 heavy (non-hydrogen) atoms. The van der Waals surface area contributed by atoms with Gasteiger partial charge in [-0.1, -0.05) is 29.4 Å².